The molecule has 1 unspecified atom stereocenters. The number of hydrogen-bond acceptors (Lipinski definition) is 4. The van der Waals surface area contributed by atoms with Crippen LogP contribution in [0.5, 0.6) is 0 Å². The Labute approximate surface area is 259 Å². The third kappa shape index (κ3) is 2.48. The lowest BCUT2D eigenvalue weighted by atomic mass is 10.1. The summed E-state index contributed by atoms with van der Waals surface area (Å²) in [7, 11) is 0. The van der Waals surface area contributed by atoms with E-state index in [0.717, 1.165) is 90.8 Å². The van der Waals surface area contributed by atoms with E-state index in [4.69, 9.17) is 15.0 Å². The summed E-state index contributed by atoms with van der Waals surface area (Å²) in [4.78, 5) is 16.3. The lowest BCUT2D eigenvalue weighted by Gasteiger charge is -2.41. The highest BCUT2D eigenvalue weighted by atomic mass is 15.7. The van der Waals surface area contributed by atoms with Crippen LogP contribution < -0.4 is 5.32 Å². The molecule has 0 aliphatic carbocycles. The third-order valence-corrected chi connectivity index (χ3v) is 9.45. The van der Waals surface area contributed by atoms with Crippen molar-refractivity contribution in [1.82, 2.24) is 9.88 Å². The van der Waals surface area contributed by atoms with Crippen LogP contribution in [0.4, 0.5) is 11.6 Å². The Hall–Kier alpha value is -5.76. The molecule has 8 nitrogen and oxygen atoms in total. The Morgan fingerprint density at radius 1 is 0.489 bits per heavy atom. The standard InChI is InChI=1S/C33H16N8.2C2H6/c1-2-10-18-17(9-1)25-34-27-19-11-3-4-12-20(19)29-36-31-23-15-7-8-16-24(23)32-37-30-22-14-6-5-13-21(22)28-35-26(18)38(25)33(39(27)29,40(28)30)41(31)32;2*1-2/h1-16H;2*1-2H3/q+2;;/p+1. The molecule has 0 amide bonds. The van der Waals surface area contributed by atoms with Crippen molar-refractivity contribution in [3.63, 3.8) is 0 Å². The minimum absolute atomic E-state index is 0.892. The van der Waals surface area contributed by atoms with Crippen LogP contribution in [0.25, 0.3) is 10.8 Å². The van der Waals surface area contributed by atoms with Gasteiger partial charge in [0.05, 0.1) is 33.4 Å². The first kappa shape index (κ1) is 24.7. The molecule has 214 valence electrons. The number of nitrogens with zero attached hydrogens (tertiary/aromatic N) is 7. The van der Waals surface area contributed by atoms with E-state index >= 15 is 0 Å². The van der Waals surface area contributed by atoms with Gasteiger partial charge < -0.3 is 0 Å². The first-order valence-electron chi connectivity index (χ1n) is 15.8. The van der Waals surface area contributed by atoms with Gasteiger partial charge in [-0.1, -0.05) is 91.2 Å². The monoisotopic (exact) mass is 585 g/mol. The van der Waals surface area contributed by atoms with Crippen LogP contribution in [0.3, 0.4) is 0 Å². The van der Waals surface area contributed by atoms with Crippen LogP contribution in [-0.2, 0) is 5.91 Å². The number of aromatic nitrogens is 1. The van der Waals surface area contributed by atoms with Crippen LogP contribution in [-0.4, -0.2) is 53.3 Å². The topological polar surface area (TPSA) is 63.1 Å². The zero-order valence-corrected chi connectivity index (χ0v) is 25.4. The minimum atomic E-state index is -0.892. The quantitative estimate of drug-likeness (QED) is 0.229. The molecule has 12 rings (SSSR count). The molecule has 1 aromatic heterocycles. The summed E-state index contributed by atoms with van der Waals surface area (Å²) in [5.74, 6) is 6.66. The molecular formula is C37H29N8+3. The summed E-state index contributed by atoms with van der Waals surface area (Å²) in [5, 5.41) is 6.06. The number of aliphatic imine (C=N–C) groups is 3. The number of nitrogens with one attached hydrogen (secondary N) is 1. The van der Waals surface area contributed by atoms with Crippen molar-refractivity contribution in [2.24, 2.45) is 15.0 Å². The fourth-order valence-electron chi connectivity index (χ4n) is 7.96. The second-order valence-corrected chi connectivity index (χ2v) is 11.2. The molecule has 8 heterocycles. The summed E-state index contributed by atoms with van der Waals surface area (Å²) in [5.41, 5.74) is 6.69. The molecule has 45 heavy (non-hydrogen) atoms. The number of amidine groups is 6. The van der Waals surface area contributed by atoms with Crippen LogP contribution in [0.2, 0.25) is 0 Å². The van der Waals surface area contributed by atoms with Gasteiger partial charge in [-0.05, 0) is 48.5 Å². The number of fused-ring (bicyclic) bond motifs is 12. The van der Waals surface area contributed by atoms with Gasteiger partial charge in [-0.25, -0.2) is 5.32 Å². The highest BCUT2D eigenvalue weighted by molar-refractivity contribution is 6.28. The van der Waals surface area contributed by atoms with Gasteiger partial charge in [-0.3, -0.25) is 0 Å². The molecule has 0 saturated carbocycles. The largest absolute Gasteiger partial charge is 0.448 e. The average Bonchev–Trinajstić information content (AvgIpc) is 3.83. The fraction of sp³-hybridized carbons (Fsp3) is 0.135. The SMILES string of the molecule is CC.CC.c1ccc2c(c1)C1=Nc3c4ccccc4c4n3C35[N+]1=C2N=C1c2ccccc2C(=[N+]13)NC1=[N+]5C(=N4)c2ccccc21. The Balaban J connectivity index is 0.000000640. The second kappa shape index (κ2) is 8.24. The average molecular weight is 586 g/mol. The zero-order chi connectivity index (χ0) is 30.2. The maximum atomic E-state index is 5.44. The predicted octanol–water partition coefficient (Wildman–Crippen LogP) is 5.83. The number of rotatable bonds is 0. The molecule has 0 fully saturated rings. The molecule has 4 aromatic carbocycles. The van der Waals surface area contributed by atoms with E-state index in [2.05, 4.69) is 121 Å². The summed E-state index contributed by atoms with van der Waals surface area (Å²) >= 11 is 0. The fourth-order valence-corrected chi connectivity index (χ4v) is 7.96. The van der Waals surface area contributed by atoms with Crippen molar-refractivity contribution < 1.29 is 13.7 Å². The van der Waals surface area contributed by atoms with Crippen LogP contribution >= 0.6 is 0 Å². The normalized spacial score (nSPS) is 20.4. The van der Waals surface area contributed by atoms with Crippen LogP contribution in [0.15, 0.2) is 112 Å². The molecule has 1 atom stereocenters. The summed E-state index contributed by atoms with van der Waals surface area (Å²) in [6.45, 7) is 8.00. The van der Waals surface area contributed by atoms with Gasteiger partial charge in [0, 0.05) is 10.8 Å². The Morgan fingerprint density at radius 3 is 1.42 bits per heavy atom. The first-order chi connectivity index (χ1) is 22.4. The van der Waals surface area contributed by atoms with Crippen molar-refractivity contribution in [3.8, 4) is 0 Å². The van der Waals surface area contributed by atoms with Crippen molar-refractivity contribution >= 4 is 57.4 Å². The molecule has 7 aliphatic rings. The first-order valence-corrected chi connectivity index (χ1v) is 15.8. The highest BCUT2D eigenvalue weighted by Gasteiger charge is 2.74. The lowest BCUT2D eigenvalue weighted by molar-refractivity contribution is -0.958. The number of benzene rings is 4. The van der Waals surface area contributed by atoms with E-state index in [0.29, 0.717) is 0 Å². The van der Waals surface area contributed by atoms with Crippen molar-refractivity contribution in [1.29, 1.82) is 0 Å². The maximum absolute atomic E-state index is 5.44. The molecule has 1 spiro atoms. The van der Waals surface area contributed by atoms with Crippen LogP contribution in [0, 0.1) is 0 Å². The molecule has 1 N–H and O–H groups in total. The predicted molar refractivity (Wildman–Crippen MR) is 177 cm³/mol. The highest BCUT2D eigenvalue weighted by Crippen LogP contribution is 2.54. The minimum Gasteiger partial charge on any atom is -0.244 e. The Morgan fingerprint density at radius 2 is 0.889 bits per heavy atom. The van der Waals surface area contributed by atoms with Gasteiger partial charge in [0.1, 0.15) is 0 Å². The van der Waals surface area contributed by atoms with Gasteiger partial charge >= 0.3 is 5.91 Å². The summed E-state index contributed by atoms with van der Waals surface area (Å²) < 4.78 is 9.48. The lowest BCUT2D eigenvalue weighted by Crippen LogP contribution is -2.73. The van der Waals surface area contributed by atoms with Gasteiger partial charge in [0.2, 0.25) is 23.3 Å². The van der Waals surface area contributed by atoms with E-state index in [1.807, 2.05) is 27.7 Å². The van der Waals surface area contributed by atoms with Gasteiger partial charge in [-0.2, -0.15) is 4.57 Å². The van der Waals surface area contributed by atoms with E-state index in [1.165, 1.54) is 0 Å². The molecule has 8 heteroatoms. The zero-order valence-electron chi connectivity index (χ0n) is 25.4. The molecule has 5 aromatic rings. The Kier molecular flexibility index (Phi) is 4.51. The molecule has 7 aliphatic heterocycles. The number of hydrogen-bond donors (Lipinski definition) is 1. The third-order valence-electron chi connectivity index (χ3n) is 9.45. The van der Waals surface area contributed by atoms with Gasteiger partial charge in [0.15, 0.2) is 0 Å². The summed E-state index contributed by atoms with van der Waals surface area (Å²) in [6, 6.07) is 34.2. The van der Waals surface area contributed by atoms with E-state index in [-0.39, 0.29) is 0 Å². The van der Waals surface area contributed by atoms with Crippen molar-refractivity contribution in [2.45, 2.75) is 33.6 Å². The van der Waals surface area contributed by atoms with Gasteiger partial charge in [-0.15, -0.1) is 13.7 Å². The van der Waals surface area contributed by atoms with E-state index < -0.39 is 5.91 Å². The van der Waals surface area contributed by atoms with Gasteiger partial charge in [0.25, 0.3) is 23.3 Å². The second-order valence-electron chi connectivity index (χ2n) is 11.2. The summed E-state index contributed by atoms with van der Waals surface area (Å²) in [6.07, 6.45) is 0. The van der Waals surface area contributed by atoms with E-state index in [1.54, 1.807) is 0 Å². The Bertz CT molecular complexity index is 2410. The molecule has 0 radical (unpaired) electrons. The van der Waals surface area contributed by atoms with Crippen molar-refractivity contribution in [2.75, 3.05) is 0 Å². The molecule has 0 bridgehead atoms. The van der Waals surface area contributed by atoms with Crippen molar-refractivity contribution in [3.05, 3.63) is 130 Å². The maximum Gasteiger partial charge on any atom is 0.448 e. The van der Waals surface area contributed by atoms with Crippen LogP contribution in [0.1, 0.15) is 61.1 Å². The smallest absolute Gasteiger partial charge is 0.244 e. The van der Waals surface area contributed by atoms with E-state index in [9.17, 15) is 0 Å². The molecular weight excluding hydrogens is 556 g/mol. The molecule has 0 saturated heterocycles.